The Hall–Kier alpha value is -0.420. The molecule has 4 heteroatoms. The smallest absolute Gasteiger partial charge is 0.169 e. The summed E-state index contributed by atoms with van der Waals surface area (Å²) in [5.74, 6) is 0. The van der Waals surface area contributed by atoms with Crippen LogP contribution in [0.5, 0.6) is 0 Å². The number of hydrogen-bond acceptors (Lipinski definition) is 4. The van der Waals surface area contributed by atoms with E-state index in [1.54, 1.807) is 16.0 Å². The van der Waals surface area contributed by atoms with Gasteiger partial charge in [-0.25, -0.2) is 0 Å². The Kier molecular flexibility index (Phi) is 7.00. The summed E-state index contributed by atoms with van der Waals surface area (Å²) in [6.07, 6.45) is 6.33. The Labute approximate surface area is 126 Å². The molecule has 0 saturated carbocycles. The maximum Gasteiger partial charge on any atom is 0.169 e. The molecule has 0 aliphatic heterocycles. The van der Waals surface area contributed by atoms with Gasteiger partial charge in [-0.2, -0.15) is 0 Å². The molecule has 20 heavy (non-hydrogen) atoms. The quantitative estimate of drug-likeness (QED) is 0.561. The molecule has 3 nitrogen and oxygen atoms in total. The van der Waals surface area contributed by atoms with Gasteiger partial charge in [0.05, 0.1) is 0 Å². The van der Waals surface area contributed by atoms with Gasteiger partial charge in [-0.15, -0.1) is 11.3 Å². The van der Waals surface area contributed by atoms with E-state index in [4.69, 9.17) is 9.47 Å². The van der Waals surface area contributed by atoms with Crippen molar-refractivity contribution in [2.75, 3.05) is 26.3 Å². The monoisotopic (exact) mass is 297 g/mol. The van der Waals surface area contributed by atoms with Gasteiger partial charge < -0.3 is 14.8 Å². The maximum absolute atomic E-state index is 5.53. The minimum Gasteiger partial charge on any atom is -0.352 e. The van der Waals surface area contributed by atoms with Gasteiger partial charge in [-0.3, -0.25) is 0 Å². The highest BCUT2D eigenvalue weighted by Crippen LogP contribution is 2.30. The number of aryl methyl sites for hydroxylation is 1. The molecule has 114 valence electrons. The van der Waals surface area contributed by atoms with Crippen LogP contribution in [0.3, 0.4) is 0 Å². The molecule has 1 aliphatic carbocycles. The van der Waals surface area contributed by atoms with Gasteiger partial charge in [0.15, 0.2) is 6.29 Å². The third kappa shape index (κ3) is 4.55. The summed E-state index contributed by atoms with van der Waals surface area (Å²) in [4.78, 5) is 1.63. The van der Waals surface area contributed by atoms with Crippen LogP contribution in [0.25, 0.3) is 0 Å². The van der Waals surface area contributed by atoms with Crippen LogP contribution in [0.4, 0.5) is 0 Å². The van der Waals surface area contributed by atoms with E-state index < -0.39 is 0 Å². The van der Waals surface area contributed by atoms with Gasteiger partial charge >= 0.3 is 0 Å². The Morgan fingerprint density at radius 2 is 1.95 bits per heavy atom. The highest BCUT2D eigenvalue weighted by Gasteiger charge is 2.15. The Balaban J connectivity index is 1.71. The number of nitrogens with one attached hydrogen (secondary N) is 1. The van der Waals surface area contributed by atoms with Crippen molar-refractivity contribution in [2.45, 2.75) is 52.2 Å². The summed E-state index contributed by atoms with van der Waals surface area (Å²) in [6.45, 7) is 7.18. The fourth-order valence-electron chi connectivity index (χ4n) is 2.75. The van der Waals surface area contributed by atoms with Crippen LogP contribution < -0.4 is 5.32 Å². The second-order valence-electron chi connectivity index (χ2n) is 5.16. The number of fused-ring (bicyclic) bond motifs is 1. The molecular formula is C16H27NO2S. The minimum atomic E-state index is -0.110. The van der Waals surface area contributed by atoms with E-state index in [9.17, 15) is 0 Å². The molecule has 2 rings (SSSR count). The van der Waals surface area contributed by atoms with Crippen molar-refractivity contribution in [3.63, 3.8) is 0 Å². The fourth-order valence-corrected chi connectivity index (χ4v) is 3.93. The van der Waals surface area contributed by atoms with E-state index in [0.717, 1.165) is 19.5 Å². The average molecular weight is 297 g/mol. The lowest BCUT2D eigenvalue weighted by molar-refractivity contribution is -0.132. The molecule has 0 bridgehead atoms. The molecule has 1 heterocycles. The normalized spacial score (nSPS) is 14.8. The second-order valence-corrected chi connectivity index (χ2v) is 6.13. The number of ether oxygens (including phenoxy) is 2. The van der Waals surface area contributed by atoms with Gasteiger partial charge in [0.2, 0.25) is 0 Å². The van der Waals surface area contributed by atoms with Crippen LogP contribution in [-0.4, -0.2) is 32.6 Å². The maximum atomic E-state index is 5.53. The minimum absolute atomic E-state index is 0.110. The molecule has 1 aliphatic rings. The highest BCUT2D eigenvalue weighted by molar-refractivity contribution is 7.10. The van der Waals surface area contributed by atoms with Gasteiger partial charge in [0.25, 0.3) is 0 Å². The third-order valence-corrected chi connectivity index (χ3v) is 4.87. The molecule has 0 fully saturated rings. The predicted molar refractivity (Wildman–Crippen MR) is 84.6 cm³/mol. The van der Waals surface area contributed by atoms with Crippen LogP contribution in [0.1, 0.15) is 42.7 Å². The van der Waals surface area contributed by atoms with Gasteiger partial charge in [-0.05, 0) is 69.0 Å². The first kappa shape index (κ1) is 16.0. The van der Waals surface area contributed by atoms with Crippen molar-refractivity contribution < 1.29 is 9.47 Å². The first-order chi connectivity index (χ1) is 9.85. The van der Waals surface area contributed by atoms with Crippen LogP contribution in [0, 0.1) is 0 Å². The molecule has 1 aromatic heterocycles. The van der Waals surface area contributed by atoms with Crippen LogP contribution in [0.15, 0.2) is 5.38 Å². The van der Waals surface area contributed by atoms with Crippen LogP contribution in [0.2, 0.25) is 0 Å². The molecule has 0 saturated heterocycles. The molecule has 0 radical (unpaired) electrons. The van der Waals surface area contributed by atoms with Gasteiger partial charge in [0.1, 0.15) is 0 Å². The van der Waals surface area contributed by atoms with Crippen molar-refractivity contribution in [3.8, 4) is 0 Å². The van der Waals surface area contributed by atoms with E-state index in [1.165, 1.54) is 25.7 Å². The zero-order chi connectivity index (χ0) is 14.2. The Morgan fingerprint density at radius 1 is 1.20 bits per heavy atom. The molecule has 0 amide bonds. The van der Waals surface area contributed by atoms with Crippen molar-refractivity contribution in [2.24, 2.45) is 0 Å². The summed E-state index contributed by atoms with van der Waals surface area (Å²) >= 11 is 1.96. The van der Waals surface area contributed by atoms with Gasteiger partial charge in [0, 0.05) is 24.6 Å². The van der Waals surface area contributed by atoms with E-state index in [-0.39, 0.29) is 6.29 Å². The Bertz CT molecular complexity index is 386. The Morgan fingerprint density at radius 3 is 2.70 bits per heavy atom. The zero-order valence-corrected chi connectivity index (χ0v) is 13.6. The lowest BCUT2D eigenvalue weighted by atomic mass is 9.95. The molecular weight excluding hydrogens is 270 g/mol. The SMILES string of the molecule is CCOC(CNCCc1csc2c1CCCC2)OCC. The number of thiophene rings is 1. The van der Waals surface area contributed by atoms with Crippen molar-refractivity contribution in [3.05, 3.63) is 21.4 Å². The van der Waals surface area contributed by atoms with Crippen molar-refractivity contribution in [1.82, 2.24) is 5.32 Å². The zero-order valence-electron chi connectivity index (χ0n) is 12.7. The van der Waals surface area contributed by atoms with Crippen LogP contribution >= 0.6 is 11.3 Å². The average Bonchev–Trinajstić information content (AvgIpc) is 2.87. The van der Waals surface area contributed by atoms with E-state index >= 15 is 0 Å². The number of hydrogen-bond donors (Lipinski definition) is 1. The first-order valence-corrected chi connectivity index (χ1v) is 8.75. The summed E-state index contributed by atoms with van der Waals surface area (Å²) in [6, 6.07) is 0. The summed E-state index contributed by atoms with van der Waals surface area (Å²) in [7, 11) is 0. The summed E-state index contributed by atoms with van der Waals surface area (Å²) in [5.41, 5.74) is 3.20. The van der Waals surface area contributed by atoms with E-state index in [0.29, 0.717) is 13.2 Å². The lowest BCUT2D eigenvalue weighted by Crippen LogP contribution is -2.32. The molecule has 0 spiro atoms. The highest BCUT2D eigenvalue weighted by atomic mass is 32.1. The number of rotatable bonds is 9. The second kappa shape index (κ2) is 8.78. The molecule has 0 atom stereocenters. The third-order valence-electron chi connectivity index (χ3n) is 3.74. The largest absolute Gasteiger partial charge is 0.352 e. The first-order valence-electron chi connectivity index (χ1n) is 7.87. The molecule has 0 unspecified atom stereocenters. The van der Waals surface area contributed by atoms with Gasteiger partial charge in [-0.1, -0.05) is 0 Å². The standard InChI is InChI=1S/C16H27NO2S/c1-3-18-16(19-4-2)11-17-10-9-13-12-20-15-8-6-5-7-14(13)15/h12,16-17H,3-11H2,1-2H3. The predicted octanol–water partition coefficient (Wildman–Crippen LogP) is 3.16. The molecule has 1 N–H and O–H groups in total. The van der Waals surface area contributed by atoms with Crippen molar-refractivity contribution >= 4 is 11.3 Å². The van der Waals surface area contributed by atoms with Crippen molar-refractivity contribution in [1.29, 1.82) is 0 Å². The molecule has 1 aromatic rings. The van der Waals surface area contributed by atoms with Crippen LogP contribution in [-0.2, 0) is 28.7 Å². The van der Waals surface area contributed by atoms with E-state index in [2.05, 4.69) is 10.7 Å². The fraction of sp³-hybridized carbons (Fsp3) is 0.750. The summed E-state index contributed by atoms with van der Waals surface area (Å²) in [5, 5.41) is 5.82. The summed E-state index contributed by atoms with van der Waals surface area (Å²) < 4.78 is 11.1. The lowest BCUT2D eigenvalue weighted by Gasteiger charge is -2.17. The van der Waals surface area contributed by atoms with E-state index in [1.807, 2.05) is 25.2 Å². The topological polar surface area (TPSA) is 30.5 Å². The molecule has 0 aromatic carbocycles.